The molecule has 0 saturated heterocycles. The van der Waals surface area contributed by atoms with Crippen molar-refractivity contribution in [2.75, 3.05) is 0 Å². The summed E-state index contributed by atoms with van der Waals surface area (Å²) in [5, 5.41) is 18.6. The van der Waals surface area contributed by atoms with Gasteiger partial charge in [-0.05, 0) is 36.4 Å². The van der Waals surface area contributed by atoms with Crippen molar-refractivity contribution in [1.82, 2.24) is 0 Å². The molecule has 0 saturated carbocycles. The fourth-order valence-corrected chi connectivity index (χ4v) is 1.87. The van der Waals surface area contributed by atoms with Crippen LogP contribution in [-0.2, 0) is 12.8 Å². The van der Waals surface area contributed by atoms with E-state index in [1.54, 1.807) is 0 Å². The Morgan fingerprint density at radius 2 is 1.22 bits per heavy atom. The van der Waals surface area contributed by atoms with E-state index in [9.17, 15) is 10.0 Å². The molecule has 0 aliphatic rings. The van der Waals surface area contributed by atoms with Crippen molar-refractivity contribution < 1.29 is 10.0 Å². The normalized spacial score (nSPS) is 8.72. The first-order valence-corrected chi connectivity index (χ1v) is 7.08. The van der Waals surface area contributed by atoms with Crippen LogP contribution in [0.25, 0.3) is 0 Å². The maximum Gasteiger partial charge on any atom is 0.488 e. The monoisotopic (exact) mass is 252 g/mol. The Morgan fingerprint density at radius 1 is 0.889 bits per heavy atom. The second kappa shape index (κ2) is 11.3. The van der Waals surface area contributed by atoms with Gasteiger partial charge in [0, 0.05) is 0 Å². The van der Waals surface area contributed by atoms with Gasteiger partial charge in [0.2, 0.25) is 0 Å². The molecule has 0 unspecified atom stereocenters. The van der Waals surface area contributed by atoms with Crippen LogP contribution in [0, 0.1) is 6.92 Å². The zero-order valence-electron chi connectivity index (χ0n) is 13.0. The summed E-state index contributed by atoms with van der Waals surface area (Å²) < 4.78 is 0. The molecule has 1 aromatic rings. The molecule has 1 rings (SSSR count). The van der Waals surface area contributed by atoms with Crippen molar-refractivity contribution in [3.8, 4) is 0 Å². The van der Waals surface area contributed by atoms with Crippen LogP contribution >= 0.6 is 0 Å². The second-order valence-corrected chi connectivity index (χ2v) is 3.58. The van der Waals surface area contributed by atoms with Gasteiger partial charge in [0.15, 0.2) is 0 Å². The first-order valence-electron chi connectivity index (χ1n) is 7.08. The van der Waals surface area contributed by atoms with E-state index in [-0.39, 0.29) is 0 Å². The van der Waals surface area contributed by atoms with E-state index in [0.29, 0.717) is 5.46 Å². The van der Waals surface area contributed by atoms with Crippen LogP contribution < -0.4 is 5.46 Å². The Hall–Kier alpha value is -0.795. The fourth-order valence-electron chi connectivity index (χ4n) is 1.87. The molecule has 0 amide bonds. The standard InChI is InChI=1S/C11H17BO2.2C2H6/c1-4-9-6-8(3)7-10(5-2)11(9)12(13)14;2*1-2/h6-7,13-14H,4-5H2,1-3H3;2*1-2H3. The van der Waals surface area contributed by atoms with Gasteiger partial charge in [-0.2, -0.15) is 0 Å². The van der Waals surface area contributed by atoms with Crippen LogP contribution in [0.1, 0.15) is 58.2 Å². The summed E-state index contributed by atoms with van der Waals surface area (Å²) in [7, 11) is -1.35. The van der Waals surface area contributed by atoms with E-state index in [2.05, 4.69) is 0 Å². The Bertz CT molecular complexity index is 297. The van der Waals surface area contributed by atoms with E-state index < -0.39 is 7.12 Å². The third kappa shape index (κ3) is 5.70. The SMILES string of the molecule is CC.CC.CCc1cc(C)cc(CC)c1B(O)O. The average Bonchev–Trinajstić information content (AvgIpc) is 2.41. The summed E-state index contributed by atoms with van der Waals surface area (Å²) in [6, 6.07) is 4.04. The van der Waals surface area contributed by atoms with Gasteiger partial charge in [0.25, 0.3) is 0 Å². The van der Waals surface area contributed by atoms with E-state index in [4.69, 9.17) is 0 Å². The lowest BCUT2D eigenvalue weighted by Crippen LogP contribution is -2.36. The summed E-state index contributed by atoms with van der Waals surface area (Å²) in [5.41, 5.74) is 3.96. The van der Waals surface area contributed by atoms with Gasteiger partial charge >= 0.3 is 7.12 Å². The van der Waals surface area contributed by atoms with Gasteiger partial charge < -0.3 is 10.0 Å². The van der Waals surface area contributed by atoms with Crippen molar-refractivity contribution >= 4 is 12.6 Å². The molecule has 0 radical (unpaired) electrons. The molecule has 3 heteroatoms. The molecule has 0 aliphatic carbocycles. The molecule has 18 heavy (non-hydrogen) atoms. The molecular weight excluding hydrogens is 223 g/mol. The summed E-state index contributed by atoms with van der Waals surface area (Å²) in [6.45, 7) is 14.1. The van der Waals surface area contributed by atoms with Crippen LogP contribution in [0.2, 0.25) is 0 Å². The lowest BCUT2D eigenvalue weighted by molar-refractivity contribution is 0.425. The third-order valence-corrected chi connectivity index (χ3v) is 2.52. The number of benzene rings is 1. The Morgan fingerprint density at radius 3 is 1.44 bits per heavy atom. The highest BCUT2D eigenvalue weighted by Gasteiger charge is 2.18. The fraction of sp³-hybridized carbons (Fsp3) is 0.600. The molecule has 0 aromatic heterocycles. The van der Waals surface area contributed by atoms with E-state index in [1.165, 1.54) is 5.56 Å². The summed E-state index contributed by atoms with van der Waals surface area (Å²) in [4.78, 5) is 0. The Labute approximate surface area is 113 Å². The molecule has 0 bridgehead atoms. The number of aryl methyl sites for hydroxylation is 3. The van der Waals surface area contributed by atoms with Gasteiger partial charge in [0.1, 0.15) is 0 Å². The maximum absolute atomic E-state index is 9.29. The van der Waals surface area contributed by atoms with Crippen LogP contribution in [0.3, 0.4) is 0 Å². The zero-order chi connectivity index (χ0) is 14.7. The zero-order valence-corrected chi connectivity index (χ0v) is 13.0. The highest BCUT2D eigenvalue weighted by atomic mass is 16.4. The summed E-state index contributed by atoms with van der Waals surface area (Å²) >= 11 is 0. The largest absolute Gasteiger partial charge is 0.488 e. The molecule has 0 aliphatic heterocycles. The Balaban J connectivity index is 0. The highest BCUT2D eigenvalue weighted by Crippen LogP contribution is 2.09. The smallest absolute Gasteiger partial charge is 0.423 e. The van der Waals surface area contributed by atoms with Crippen molar-refractivity contribution in [3.63, 3.8) is 0 Å². The van der Waals surface area contributed by atoms with Crippen molar-refractivity contribution in [3.05, 3.63) is 28.8 Å². The maximum atomic E-state index is 9.29. The minimum Gasteiger partial charge on any atom is -0.423 e. The van der Waals surface area contributed by atoms with Gasteiger partial charge in [-0.25, -0.2) is 0 Å². The van der Waals surface area contributed by atoms with E-state index >= 15 is 0 Å². The molecule has 2 N–H and O–H groups in total. The second-order valence-electron chi connectivity index (χ2n) is 3.58. The van der Waals surface area contributed by atoms with Crippen molar-refractivity contribution in [2.24, 2.45) is 0 Å². The predicted molar refractivity (Wildman–Crippen MR) is 82.5 cm³/mol. The average molecular weight is 252 g/mol. The molecule has 2 nitrogen and oxygen atoms in total. The predicted octanol–water partition coefficient (Wildman–Crippen LogP) is 2.85. The first kappa shape index (κ1) is 19.5. The minimum absolute atomic E-state index is 0.695. The highest BCUT2D eigenvalue weighted by molar-refractivity contribution is 6.59. The molecule has 0 heterocycles. The lowest BCUT2D eigenvalue weighted by Gasteiger charge is -2.13. The molecule has 0 atom stereocenters. The molecule has 104 valence electrons. The van der Waals surface area contributed by atoms with Gasteiger partial charge in [-0.15, -0.1) is 0 Å². The quantitative estimate of drug-likeness (QED) is 0.812. The molecule has 0 spiro atoms. The van der Waals surface area contributed by atoms with Crippen LogP contribution in [0.15, 0.2) is 12.1 Å². The summed E-state index contributed by atoms with van der Waals surface area (Å²) in [5.74, 6) is 0. The van der Waals surface area contributed by atoms with Gasteiger partial charge in [-0.3, -0.25) is 0 Å². The minimum atomic E-state index is -1.35. The molecule has 1 aromatic carbocycles. The Kier molecular flexibility index (Phi) is 12.3. The van der Waals surface area contributed by atoms with Crippen LogP contribution in [0.5, 0.6) is 0 Å². The molecular formula is C15H29BO2. The first-order chi connectivity index (χ1) is 8.60. The van der Waals surface area contributed by atoms with Crippen molar-refractivity contribution in [1.29, 1.82) is 0 Å². The van der Waals surface area contributed by atoms with E-state index in [0.717, 1.165) is 24.0 Å². The van der Waals surface area contributed by atoms with Crippen LogP contribution in [0.4, 0.5) is 0 Å². The van der Waals surface area contributed by atoms with Crippen molar-refractivity contribution in [2.45, 2.75) is 61.3 Å². The van der Waals surface area contributed by atoms with Gasteiger partial charge in [-0.1, -0.05) is 59.2 Å². The lowest BCUT2D eigenvalue weighted by atomic mass is 9.72. The number of hydrogen-bond acceptors (Lipinski definition) is 2. The van der Waals surface area contributed by atoms with Gasteiger partial charge in [0.05, 0.1) is 0 Å². The number of rotatable bonds is 3. The topological polar surface area (TPSA) is 40.5 Å². The third-order valence-electron chi connectivity index (χ3n) is 2.52. The van der Waals surface area contributed by atoms with E-state index in [1.807, 2.05) is 60.6 Å². The van der Waals surface area contributed by atoms with Crippen LogP contribution in [-0.4, -0.2) is 17.2 Å². The summed E-state index contributed by atoms with van der Waals surface area (Å²) in [6.07, 6.45) is 1.67. The number of hydrogen-bond donors (Lipinski definition) is 2. The molecule has 0 fully saturated rings.